The van der Waals surface area contributed by atoms with Crippen molar-refractivity contribution in [3.63, 3.8) is 0 Å². The first-order valence-electron chi connectivity index (χ1n) is 7.92. The summed E-state index contributed by atoms with van der Waals surface area (Å²) < 4.78 is 0. The molecule has 1 fully saturated rings. The van der Waals surface area contributed by atoms with Crippen LogP contribution >= 0.6 is 11.6 Å². The van der Waals surface area contributed by atoms with E-state index in [2.05, 4.69) is 20.0 Å². The van der Waals surface area contributed by atoms with Gasteiger partial charge in [-0.25, -0.2) is 15.1 Å². The van der Waals surface area contributed by atoms with Crippen LogP contribution in [0.4, 0.5) is 0 Å². The van der Waals surface area contributed by atoms with Crippen LogP contribution in [0.1, 0.15) is 11.1 Å². The van der Waals surface area contributed by atoms with Gasteiger partial charge in [0.1, 0.15) is 10.3 Å². The van der Waals surface area contributed by atoms with Gasteiger partial charge in [-0.2, -0.15) is 0 Å². The van der Waals surface area contributed by atoms with E-state index in [1.807, 2.05) is 35.0 Å². The highest BCUT2D eigenvalue weighted by Crippen LogP contribution is 2.17. The predicted octanol–water partition coefficient (Wildman–Crippen LogP) is 1.84. The molecule has 0 bridgehead atoms. The van der Waals surface area contributed by atoms with Gasteiger partial charge in [-0.3, -0.25) is 9.88 Å². The Morgan fingerprint density at radius 3 is 2.42 bits per heavy atom. The molecule has 0 radical (unpaired) electrons. The molecular formula is C16H18ClN7O2. The normalized spacial score (nSPS) is 16.9. The summed E-state index contributed by atoms with van der Waals surface area (Å²) in [4.78, 5) is 25.0. The molecular weight excluding hydrogens is 358 g/mol. The number of hydrazone groups is 1. The van der Waals surface area contributed by atoms with Crippen LogP contribution in [0, 0.1) is 10.1 Å². The smallest absolute Gasteiger partial charge is 0.276 e. The summed E-state index contributed by atoms with van der Waals surface area (Å²) in [5.74, 6) is 0.312. The molecule has 0 saturated carbocycles. The van der Waals surface area contributed by atoms with E-state index in [1.165, 1.54) is 0 Å². The minimum absolute atomic E-state index is 0.312. The SMILES string of the molecule is CN1CN(Cc2cccnc2)/C(=N\[N+](=O)[O-])N(Cc2ccc(Cl)nc2)C1. The van der Waals surface area contributed by atoms with Crippen molar-refractivity contribution in [2.75, 3.05) is 20.4 Å². The molecule has 0 spiro atoms. The maximum Gasteiger partial charge on any atom is 0.276 e. The summed E-state index contributed by atoms with van der Waals surface area (Å²) >= 11 is 5.83. The highest BCUT2D eigenvalue weighted by molar-refractivity contribution is 6.29. The summed E-state index contributed by atoms with van der Waals surface area (Å²) in [6.07, 6.45) is 5.09. The lowest BCUT2D eigenvalue weighted by atomic mass is 10.2. The van der Waals surface area contributed by atoms with E-state index in [9.17, 15) is 10.1 Å². The molecule has 0 aliphatic carbocycles. The van der Waals surface area contributed by atoms with Crippen LogP contribution in [0.25, 0.3) is 0 Å². The molecule has 0 amide bonds. The van der Waals surface area contributed by atoms with Gasteiger partial charge >= 0.3 is 0 Å². The van der Waals surface area contributed by atoms with Crippen LogP contribution in [0.2, 0.25) is 5.15 Å². The monoisotopic (exact) mass is 375 g/mol. The molecule has 26 heavy (non-hydrogen) atoms. The van der Waals surface area contributed by atoms with Crippen LogP contribution in [-0.2, 0) is 13.1 Å². The number of hydrogen-bond donors (Lipinski definition) is 0. The van der Waals surface area contributed by atoms with Crippen molar-refractivity contribution in [1.29, 1.82) is 0 Å². The zero-order chi connectivity index (χ0) is 18.5. The fraction of sp³-hybridized carbons (Fsp3) is 0.312. The summed E-state index contributed by atoms with van der Waals surface area (Å²) in [7, 11) is 1.95. The van der Waals surface area contributed by atoms with E-state index >= 15 is 0 Å². The molecule has 0 aromatic carbocycles. The standard InChI is InChI=1S/C16H18ClN7O2/c1-21-11-22(9-13-3-2-6-18-7-13)16(20-24(25)26)23(12-21)10-14-4-5-15(17)19-8-14/h2-8H,9-12H2,1H3/b20-16+. The van der Waals surface area contributed by atoms with Crippen molar-refractivity contribution in [3.05, 3.63) is 69.3 Å². The van der Waals surface area contributed by atoms with Gasteiger partial charge in [0.2, 0.25) is 0 Å². The number of halogens is 1. The number of nitrogens with zero attached hydrogens (tertiary/aromatic N) is 7. The van der Waals surface area contributed by atoms with E-state index in [0.29, 0.717) is 37.5 Å². The quantitative estimate of drug-likeness (QED) is 0.447. The Morgan fingerprint density at radius 2 is 1.88 bits per heavy atom. The Kier molecular flexibility index (Phi) is 5.59. The number of aromatic nitrogens is 2. The molecule has 1 aliphatic rings. The lowest BCUT2D eigenvalue weighted by Gasteiger charge is -2.42. The molecule has 3 heterocycles. The predicted molar refractivity (Wildman–Crippen MR) is 96.5 cm³/mol. The number of guanidine groups is 1. The minimum Gasteiger partial charge on any atom is -0.320 e. The van der Waals surface area contributed by atoms with Crippen molar-refractivity contribution < 1.29 is 5.03 Å². The lowest BCUT2D eigenvalue weighted by molar-refractivity contribution is -0.486. The van der Waals surface area contributed by atoms with E-state index in [0.717, 1.165) is 11.1 Å². The van der Waals surface area contributed by atoms with Crippen LogP contribution in [0.15, 0.2) is 48.0 Å². The van der Waals surface area contributed by atoms with Gasteiger partial charge in [-0.1, -0.05) is 23.7 Å². The molecule has 0 unspecified atom stereocenters. The second-order valence-corrected chi connectivity index (χ2v) is 6.41. The Balaban J connectivity index is 1.86. The topological polar surface area (TPSA) is 91.0 Å². The summed E-state index contributed by atoms with van der Waals surface area (Å²) in [6, 6.07) is 7.31. The van der Waals surface area contributed by atoms with E-state index in [1.54, 1.807) is 24.7 Å². The molecule has 1 saturated heterocycles. The Bertz CT molecular complexity index is 785. The second-order valence-electron chi connectivity index (χ2n) is 6.02. The Hall–Kier alpha value is -2.78. The summed E-state index contributed by atoms with van der Waals surface area (Å²) in [5, 5.41) is 14.5. The van der Waals surface area contributed by atoms with Crippen molar-refractivity contribution >= 4 is 17.6 Å². The first-order chi connectivity index (χ1) is 12.5. The van der Waals surface area contributed by atoms with Gasteiger partial charge in [-0.15, -0.1) is 0 Å². The third kappa shape index (κ3) is 4.64. The fourth-order valence-corrected chi connectivity index (χ4v) is 2.94. The Labute approximate surface area is 155 Å². The maximum atomic E-state index is 11.1. The van der Waals surface area contributed by atoms with Gasteiger partial charge in [-0.05, 0) is 30.3 Å². The number of rotatable bonds is 5. The van der Waals surface area contributed by atoms with E-state index in [4.69, 9.17) is 11.6 Å². The zero-order valence-electron chi connectivity index (χ0n) is 14.2. The molecule has 3 rings (SSSR count). The zero-order valence-corrected chi connectivity index (χ0v) is 15.0. The average Bonchev–Trinajstić information content (AvgIpc) is 2.60. The molecule has 9 nitrogen and oxygen atoms in total. The lowest BCUT2D eigenvalue weighted by Crippen LogP contribution is -2.57. The van der Waals surface area contributed by atoms with Crippen molar-refractivity contribution in [2.45, 2.75) is 13.1 Å². The van der Waals surface area contributed by atoms with Crippen LogP contribution < -0.4 is 0 Å². The van der Waals surface area contributed by atoms with Crippen LogP contribution in [0.3, 0.4) is 0 Å². The first-order valence-corrected chi connectivity index (χ1v) is 8.30. The molecule has 136 valence electrons. The molecule has 0 N–H and O–H groups in total. The molecule has 2 aromatic rings. The van der Waals surface area contributed by atoms with Gasteiger partial charge in [0.05, 0.1) is 13.3 Å². The average molecular weight is 376 g/mol. The largest absolute Gasteiger partial charge is 0.320 e. The first kappa shape index (κ1) is 18.0. The highest BCUT2D eigenvalue weighted by Gasteiger charge is 2.30. The minimum atomic E-state index is -0.663. The highest BCUT2D eigenvalue weighted by atomic mass is 35.5. The fourth-order valence-electron chi connectivity index (χ4n) is 2.83. The van der Waals surface area contributed by atoms with Crippen molar-refractivity contribution in [3.8, 4) is 0 Å². The van der Waals surface area contributed by atoms with Gasteiger partial charge in [0.25, 0.3) is 5.96 Å². The number of hydrogen-bond acceptors (Lipinski definition) is 5. The van der Waals surface area contributed by atoms with Gasteiger partial charge < -0.3 is 9.80 Å². The summed E-state index contributed by atoms with van der Waals surface area (Å²) in [5.41, 5.74) is 1.84. The van der Waals surface area contributed by atoms with Crippen molar-refractivity contribution in [2.24, 2.45) is 5.10 Å². The molecule has 10 heteroatoms. The molecule has 0 atom stereocenters. The van der Waals surface area contributed by atoms with Crippen LogP contribution in [0.5, 0.6) is 0 Å². The maximum absolute atomic E-state index is 11.1. The number of nitro groups is 1. The number of pyridine rings is 2. The van der Waals surface area contributed by atoms with Crippen LogP contribution in [-0.4, -0.2) is 56.0 Å². The van der Waals surface area contributed by atoms with Gasteiger partial charge in [0, 0.05) is 31.7 Å². The summed E-state index contributed by atoms with van der Waals surface area (Å²) in [6.45, 7) is 1.95. The molecule has 2 aromatic heterocycles. The Morgan fingerprint density at radius 1 is 1.19 bits per heavy atom. The van der Waals surface area contributed by atoms with Crippen molar-refractivity contribution in [1.82, 2.24) is 24.7 Å². The van der Waals surface area contributed by atoms with E-state index < -0.39 is 5.03 Å². The van der Waals surface area contributed by atoms with E-state index in [-0.39, 0.29) is 0 Å². The third-order valence-corrected chi connectivity index (χ3v) is 4.04. The third-order valence-electron chi connectivity index (χ3n) is 3.82. The second kappa shape index (κ2) is 8.07. The molecule has 1 aliphatic heterocycles. The van der Waals surface area contributed by atoms with Gasteiger partial charge in [0.15, 0.2) is 5.03 Å².